The molecular weight excluding hydrogens is 581 g/mol. The lowest BCUT2D eigenvalue weighted by molar-refractivity contribution is -0.733. The van der Waals surface area contributed by atoms with Crippen molar-refractivity contribution in [3.8, 4) is 11.3 Å². The van der Waals surface area contributed by atoms with Crippen molar-refractivity contribution in [3.63, 3.8) is 0 Å². The van der Waals surface area contributed by atoms with Gasteiger partial charge in [0.05, 0.1) is 28.4 Å². The van der Waals surface area contributed by atoms with Crippen molar-refractivity contribution in [1.82, 2.24) is 0 Å². The third-order valence-electron chi connectivity index (χ3n) is 12.1. The lowest BCUT2D eigenvalue weighted by Crippen LogP contribution is -2.66. The molecule has 0 saturated carbocycles. The van der Waals surface area contributed by atoms with Gasteiger partial charge in [0.1, 0.15) is 0 Å². The molecule has 240 valence electrons. The monoisotopic (exact) mass is 627 g/mol. The van der Waals surface area contributed by atoms with E-state index in [0.29, 0.717) is 0 Å². The highest BCUT2D eigenvalue weighted by Crippen LogP contribution is 2.67. The van der Waals surface area contributed by atoms with Crippen LogP contribution in [0.4, 0.5) is 5.69 Å². The number of rotatable bonds is 0. The number of anilines is 1. The Kier molecular flexibility index (Phi) is 5.67. The van der Waals surface area contributed by atoms with Gasteiger partial charge >= 0.3 is 0 Å². The molecule has 48 heavy (non-hydrogen) atoms. The molecule has 3 aliphatic heterocycles. The molecule has 4 heterocycles. The van der Waals surface area contributed by atoms with Gasteiger partial charge in [-0.3, -0.25) is 4.90 Å². The predicted octanol–water partition coefficient (Wildman–Crippen LogP) is 10.5. The lowest BCUT2D eigenvalue weighted by atomic mass is 9.73. The average Bonchev–Trinajstić information content (AvgIpc) is 3.54. The second kappa shape index (κ2) is 9.17. The summed E-state index contributed by atoms with van der Waals surface area (Å²) in [7, 11) is 0. The van der Waals surface area contributed by atoms with E-state index in [9.17, 15) is 0 Å². The van der Waals surface area contributed by atoms with E-state index in [1.165, 1.54) is 95.0 Å². The SMILES string of the molecule is Cc1cc(C)c2c(c1)C1=C(C3c4cc(C)cc(C)c4C4(c5ccccc5-c5cc(C)c(C(C)(C)C)c(C)[n+]54)N3c3ccccc31)C2(C)C. The number of aromatic nitrogens is 1. The normalized spacial score (nSPS) is 20.7. The van der Waals surface area contributed by atoms with Gasteiger partial charge in [0.15, 0.2) is 5.69 Å². The maximum atomic E-state index is 2.87. The number of nitrogens with zero attached hydrogens (tertiary/aromatic N) is 2. The minimum absolute atomic E-state index is 0.00467. The first-order valence-corrected chi connectivity index (χ1v) is 17.7. The summed E-state index contributed by atoms with van der Waals surface area (Å²) in [6.07, 6.45) is 0. The van der Waals surface area contributed by atoms with Crippen LogP contribution in [0.2, 0.25) is 0 Å². The standard InChI is InChI=1S/C46H47N2/c1-25-20-27(3)40-33(22-25)38-32-17-13-15-19-36(32)48-43(42(38)45(40,10)11)34-23-26(2)21-28(4)41(34)46(48)35-18-14-12-16-31(35)37-24-29(5)39(44(7,8)9)30(6)47(37)46/h12-24,43H,1-11H3/q+1. The van der Waals surface area contributed by atoms with E-state index in [0.717, 1.165) is 0 Å². The van der Waals surface area contributed by atoms with Crippen molar-refractivity contribution in [3.05, 3.63) is 157 Å². The van der Waals surface area contributed by atoms with Gasteiger partial charge in [-0.05, 0) is 103 Å². The Morgan fingerprint density at radius 2 is 1.29 bits per heavy atom. The van der Waals surface area contributed by atoms with E-state index in [4.69, 9.17) is 0 Å². The summed E-state index contributed by atoms with van der Waals surface area (Å²) in [6, 6.07) is 31.0. The molecule has 0 saturated heterocycles. The highest BCUT2D eigenvalue weighted by Gasteiger charge is 2.68. The highest BCUT2D eigenvalue weighted by molar-refractivity contribution is 6.00. The molecular formula is C46H47N2+. The molecule has 2 unspecified atom stereocenters. The minimum atomic E-state index is -0.550. The summed E-state index contributed by atoms with van der Waals surface area (Å²) < 4.78 is 2.76. The topological polar surface area (TPSA) is 7.12 Å². The van der Waals surface area contributed by atoms with Gasteiger partial charge in [0.25, 0.3) is 5.66 Å². The molecule has 0 bridgehead atoms. The second-order valence-corrected chi connectivity index (χ2v) is 16.7. The Morgan fingerprint density at radius 1 is 0.667 bits per heavy atom. The summed E-state index contributed by atoms with van der Waals surface area (Å²) >= 11 is 0. The minimum Gasteiger partial charge on any atom is -0.292 e. The molecule has 1 spiro atoms. The first kappa shape index (κ1) is 29.7. The fraction of sp³-hybridized carbons (Fsp3) is 0.326. The largest absolute Gasteiger partial charge is 0.299 e. The maximum absolute atomic E-state index is 2.87. The Morgan fingerprint density at radius 3 is 2.00 bits per heavy atom. The van der Waals surface area contributed by atoms with E-state index in [1.807, 2.05) is 0 Å². The van der Waals surface area contributed by atoms with Crippen molar-refractivity contribution in [1.29, 1.82) is 0 Å². The third-order valence-corrected chi connectivity index (χ3v) is 12.1. The third kappa shape index (κ3) is 3.32. The van der Waals surface area contributed by atoms with E-state index >= 15 is 0 Å². The lowest BCUT2D eigenvalue weighted by Gasteiger charge is -2.44. The van der Waals surface area contributed by atoms with Gasteiger partial charge in [-0.15, -0.1) is 0 Å². The van der Waals surface area contributed by atoms with Crippen molar-refractivity contribution in [2.45, 2.75) is 98.7 Å². The predicted molar refractivity (Wildman–Crippen MR) is 199 cm³/mol. The first-order chi connectivity index (χ1) is 22.7. The molecule has 2 nitrogen and oxygen atoms in total. The summed E-state index contributed by atoms with van der Waals surface area (Å²) in [5.74, 6) is 0. The number of fused-ring (bicyclic) bond motifs is 16. The van der Waals surface area contributed by atoms with Crippen LogP contribution >= 0.6 is 0 Å². The molecule has 2 heteroatoms. The van der Waals surface area contributed by atoms with Crippen LogP contribution in [0.1, 0.15) is 113 Å². The number of aryl methyl sites for hydroxylation is 5. The molecule has 1 aliphatic carbocycles. The number of hydrogen-bond donors (Lipinski definition) is 0. The quantitative estimate of drug-likeness (QED) is 0.155. The summed E-state index contributed by atoms with van der Waals surface area (Å²) in [5, 5.41) is 0. The van der Waals surface area contributed by atoms with E-state index in [1.54, 1.807) is 5.57 Å². The summed E-state index contributed by atoms with van der Waals surface area (Å²) in [6.45, 7) is 26.1. The van der Waals surface area contributed by atoms with Crippen LogP contribution in [0.5, 0.6) is 0 Å². The maximum Gasteiger partial charge on any atom is 0.299 e. The van der Waals surface area contributed by atoms with Gasteiger partial charge in [-0.2, -0.15) is 4.57 Å². The average molecular weight is 628 g/mol. The Balaban J connectivity index is 1.51. The fourth-order valence-corrected chi connectivity index (χ4v) is 11.3. The fourth-order valence-electron chi connectivity index (χ4n) is 11.3. The number of para-hydroxylation sites is 1. The molecule has 0 amide bonds. The zero-order valence-corrected chi connectivity index (χ0v) is 30.5. The number of hydrogen-bond acceptors (Lipinski definition) is 1. The summed E-state index contributed by atoms with van der Waals surface area (Å²) in [4.78, 5) is 2.87. The molecule has 1 aromatic heterocycles. The zero-order chi connectivity index (χ0) is 33.8. The van der Waals surface area contributed by atoms with E-state index < -0.39 is 5.66 Å². The molecule has 5 aromatic rings. The smallest absolute Gasteiger partial charge is 0.292 e. The summed E-state index contributed by atoms with van der Waals surface area (Å²) in [5.41, 5.74) is 24.4. The van der Waals surface area contributed by atoms with E-state index in [-0.39, 0.29) is 16.9 Å². The van der Waals surface area contributed by atoms with Gasteiger partial charge in [-0.1, -0.05) is 100 Å². The Labute approximate surface area is 286 Å². The van der Waals surface area contributed by atoms with Crippen LogP contribution in [0, 0.1) is 41.5 Å². The van der Waals surface area contributed by atoms with Crippen LogP contribution in [-0.2, 0) is 16.5 Å². The van der Waals surface area contributed by atoms with Crippen molar-refractivity contribution in [2.75, 3.05) is 4.90 Å². The Hall–Kier alpha value is -4.43. The van der Waals surface area contributed by atoms with Crippen LogP contribution in [-0.4, -0.2) is 0 Å². The van der Waals surface area contributed by atoms with E-state index in [2.05, 4.69) is 164 Å². The van der Waals surface area contributed by atoms with Crippen molar-refractivity contribution >= 4 is 11.3 Å². The molecule has 9 rings (SSSR count). The van der Waals surface area contributed by atoms with Gasteiger partial charge in [-0.25, -0.2) is 0 Å². The molecule has 0 fully saturated rings. The van der Waals surface area contributed by atoms with Crippen LogP contribution in [0.25, 0.3) is 16.8 Å². The van der Waals surface area contributed by atoms with Crippen LogP contribution < -0.4 is 9.47 Å². The van der Waals surface area contributed by atoms with Gasteiger partial charge < -0.3 is 0 Å². The molecule has 0 radical (unpaired) electrons. The number of benzene rings is 4. The van der Waals surface area contributed by atoms with Crippen molar-refractivity contribution < 1.29 is 4.57 Å². The van der Waals surface area contributed by atoms with Crippen molar-refractivity contribution in [2.24, 2.45) is 0 Å². The second-order valence-electron chi connectivity index (χ2n) is 16.7. The molecule has 4 aliphatic rings. The van der Waals surface area contributed by atoms with Crippen LogP contribution in [0.3, 0.4) is 0 Å². The highest BCUT2D eigenvalue weighted by atomic mass is 15.4. The number of pyridine rings is 1. The van der Waals surface area contributed by atoms with Gasteiger partial charge in [0, 0.05) is 29.5 Å². The molecule has 0 N–H and O–H groups in total. The van der Waals surface area contributed by atoms with Gasteiger partial charge in [0.2, 0.25) is 5.69 Å². The van der Waals surface area contributed by atoms with Crippen LogP contribution in [0.15, 0.2) is 84.4 Å². The first-order valence-electron chi connectivity index (χ1n) is 17.7. The zero-order valence-electron chi connectivity index (χ0n) is 30.5. The molecule has 4 aromatic carbocycles. The molecule has 2 atom stereocenters. The Bertz CT molecular complexity index is 2320.